The zero-order valence-corrected chi connectivity index (χ0v) is 19.1. The summed E-state index contributed by atoms with van der Waals surface area (Å²) in [5.41, 5.74) is 3.46. The van der Waals surface area contributed by atoms with Crippen molar-refractivity contribution >= 4 is 35.6 Å². The molecule has 1 aliphatic rings. The van der Waals surface area contributed by atoms with E-state index in [2.05, 4.69) is 63.6 Å². The van der Waals surface area contributed by atoms with Gasteiger partial charge in [0.25, 0.3) is 0 Å². The number of pyridine rings is 1. The van der Waals surface area contributed by atoms with Gasteiger partial charge in [0.1, 0.15) is 0 Å². The Morgan fingerprint density at radius 2 is 2.04 bits per heavy atom. The number of aromatic nitrogens is 1. The van der Waals surface area contributed by atoms with E-state index >= 15 is 0 Å². The number of hydrogen-bond donors (Lipinski definition) is 2. The number of guanidine groups is 1. The average molecular weight is 495 g/mol. The lowest BCUT2D eigenvalue weighted by molar-refractivity contribution is 0.396. The third-order valence-corrected chi connectivity index (χ3v) is 4.66. The van der Waals surface area contributed by atoms with Crippen LogP contribution in [0.5, 0.6) is 5.88 Å². The number of benzene rings is 1. The first-order valence-electron chi connectivity index (χ1n) is 9.54. The van der Waals surface area contributed by atoms with Crippen molar-refractivity contribution in [1.29, 1.82) is 0 Å². The number of methoxy groups -OCH3 is 1. The van der Waals surface area contributed by atoms with Crippen LogP contribution in [0.4, 0.5) is 5.69 Å². The maximum absolute atomic E-state index is 5.18. The van der Waals surface area contributed by atoms with E-state index in [-0.39, 0.29) is 24.0 Å². The smallest absolute Gasteiger partial charge is 0.213 e. The second-order valence-corrected chi connectivity index (χ2v) is 6.78. The summed E-state index contributed by atoms with van der Waals surface area (Å²) >= 11 is 0. The lowest BCUT2D eigenvalue weighted by Crippen LogP contribution is -2.44. The topological polar surface area (TPSA) is 61.8 Å². The normalized spacial score (nSPS) is 16.5. The van der Waals surface area contributed by atoms with Crippen LogP contribution in [-0.2, 0) is 6.54 Å². The minimum absolute atomic E-state index is 0. The molecule has 1 atom stereocenters. The van der Waals surface area contributed by atoms with Crippen LogP contribution in [0.2, 0.25) is 0 Å². The van der Waals surface area contributed by atoms with Crippen LogP contribution in [0.1, 0.15) is 24.6 Å². The Bertz CT molecular complexity index is 766. The van der Waals surface area contributed by atoms with Crippen molar-refractivity contribution in [2.75, 3.05) is 31.6 Å². The molecule has 3 rings (SSSR count). The largest absolute Gasteiger partial charge is 0.481 e. The van der Waals surface area contributed by atoms with Gasteiger partial charge in [-0.3, -0.25) is 0 Å². The molecule has 0 spiro atoms. The van der Waals surface area contributed by atoms with Gasteiger partial charge in [0, 0.05) is 37.4 Å². The molecule has 28 heavy (non-hydrogen) atoms. The first-order valence-corrected chi connectivity index (χ1v) is 9.54. The van der Waals surface area contributed by atoms with Crippen LogP contribution < -0.4 is 20.3 Å². The molecule has 1 aromatic carbocycles. The molecule has 6 nitrogen and oxygen atoms in total. The first kappa shape index (κ1) is 22.3. The number of aliphatic imine (C=N–C) groups is 1. The molecule has 2 heterocycles. The quantitative estimate of drug-likeness (QED) is 0.366. The van der Waals surface area contributed by atoms with Gasteiger partial charge in [0.05, 0.1) is 19.3 Å². The summed E-state index contributed by atoms with van der Waals surface area (Å²) in [6.45, 7) is 7.57. The number of nitrogens with zero attached hydrogens (tertiary/aromatic N) is 3. The molecule has 1 saturated heterocycles. The highest BCUT2D eigenvalue weighted by atomic mass is 127. The van der Waals surface area contributed by atoms with Crippen LogP contribution in [0.3, 0.4) is 0 Å². The fourth-order valence-corrected chi connectivity index (χ4v) is 3.20. The fraction of sp³-hybridized carbons (Fsp3) is 0.429. The highest BCUT2D eigenvalue weighted by Crippen LogP contribution is 2.20. The molecular formula is C21H30IN5O. The molecule has 1 aromatic heterocycles. The number of anilines is 1. The molecule has 0 radical (unpaired) electrons. The molecule has 0 amide bonds. The zero-order valence-electron chi connectivity index (χ0n) is 16.8. The molecule has 2 aromatic rings. The van der Waals surface area contributed by atoms with E-state index in [1.807, 2.05) is 18.2 Å². The van der Waals surface area contributed by atoms with Crippen molar-refractivity contribution in [3.05, 3.63) is 53.7 Å². The average Bonchev–Trinajstić information content (AvgIpc) is 3.15. The van der Waals surface area contributed by atoms with Crippen LogP contribution in [-0.4, -0.2) is 43.7 Å². The Morgan fingerprint density at radius 3 is 2.75 bits per heavy atom. The number of halogens is 1. The standard InChI is InChI=1S/C21H29N5O.HI/c1-4-22-21(23-14-17-6-5-7-20(24-17)27-3)25-18-12-13-26(15-18)19-10-8-16(2)9-11-19;/h5-11,18H,4,12-15H2,1-3H3,(H2,22,23,25);1H. The van der Waals surface area contributed by atoms with E-state index in [1.165, 1.54) is 11.3 Å². The fourth-order valence-electron chi connectivity index (χ4n) is 3.20. The van der Waals surface area contributed by atoms with Gasteiger partial charge in [-0.1, -0.05) is 23.8 Å². The minimum Gasteiger partial charge on any atom is -0.481 e. The molecule has 1 fully saturated rings. The third-order valence-electron chi connectivity index (χ3n) is 4.66. The molecule has 2 N–H and O–H groups in total. The number of ether oxygens (including phenoxy) is 1. The van der Waals surface area contributed by atoms with Gasteiger partial charge in [0.15, 0.2) is 5.96 Å². The van der Waals surface area contributed by atoms with E-state index in [0.29, 0.717) is 18.5 Å². The van der Waals surface area contributed by atoms with Gasteiger partial charge in [-0.25, -0.2) is 9.98 Å². The maximum atomic E-state index is 5.18. The monoisotopic (exact) mass is 495 g/mol. The number of rotatable bonds is 6. The summed E-state index contributed by atoms with van der Waals surface area (Å²) in [6.07, 6.45) is 1.09. The highest BCUT2D eigenvalue weighted by Gasteiger charge is 2.23. The third kappa shape index (κ3) is 6.25. The summed E-state index contributed by atoms with van der Waals surface area (Å²) in [6, 6.07) is 14.9. The van der Waals surface area contributed by atoms with Crippen molar-refractivity contribution < 1.29 is 4.74 Å². The molecule has 7 heteroatoms. The summed E-state index contributed by atoms with van der Waals surface area (Å²) in [5.74, 6) is 1.45. The summed E-state index contributed by atoms with van der Waals surface area (Å²) in [5, 5.41) is 6.90. The Morgan fingerprint density at radius 1 is 1.25 bits per heavy atom. The summed E-state index contributed by atoms with van der Waals surface area (Å²) < 4.78 is 5.18. The number of nitrogens with one attached hydrogen (secondary N) is 2. The van der Waals surface area contributed by atoms with Gasteiger partial charge in [-0.15, -0.1) is 24.0 Å². The van der Waals surface area contributed by atoms with Gasteiger partial charge >= 0.3 is 0 Å². The molecule has 0 aliphatic carbocycles. The van der Waals surface area contributed by atoms with Crippen molar-refractivity contribution in [3.8, 4) is 5.88 Å². The van der Waals surface area contributed by atoms with E-state index in [0.717, 1.165) is 37.7 Å². The minimum atomic E-state index is 0. The Kier molecular flexibility index (Phi) is 8.82. The molecule has 1 aliphatic heterocycles. The highest BCUT2D eigenvalue weighted by molar-refractivity contribution is 14.0. The second kappa shape index (κ2) is 11.1. The lowest BCUT2D eigenvalue weighted by atomic mass is 10.2. The van der Waals surface area contributed by atoms with Crippen LogP contribution in [0, 0.1) is 6.92 Å². The summed E-state index contributed by atoms with van der Waals surface area (Å²) in [7, 11) is 1.63. The van der Waals surface area contributed by atoms with Gasteiger partial charge in [-0.05, 0) is 38.5 Å². The van der Waals surface area contributed by atoms with E-state index in [1.54, 1.807) is 7.11 Å². The van der Waals surface area contributed by atoms with Crippen LogP contribution >= 0.6 is 24.0 Å². The molecular weight excluding hydrogens is 465 g/mol. The Labute approximate surface area is 184 Å². The SMILES string of the molecule is CCNC(=NCc1cccc(OC)n1)NC1CCN(c2ccc(C)cc2)C1.I. The van der Waals surface area contributed by atoms with E-state index in [4.69, 9.17) is 4.74 Å². The van der Waals surface area contributed by atoms with E-state index < -0.39 is 0 Å². The Balaban J connectivity index is 0.00000280. The predicted molar refractivity (Wildman–Crippen MR) is 126 cm³/mol. The van der Waals surface area contributed by atoms with Crippen LogP contribution in [0.25, 0.3) is 0 Å². The lowest BCUT2D eigenvalue weighted by Gasteiger charge is -2.20. The van der Waals surface area contributed by atoms with Gasteiger partial charge < -0.3 is 20.3 Å². The number of hydrogen-bond acceptors (Lipinski definition) is 4. The van der Waals surface area contributed by atoms with Crippen molar-refractivity contribution in [2.24, 2.45) is 4.99 Å². The predicted octanol–water partition coefficient (Wildman–Crippen LogP) is 3.35. The summed E-state index contributed by atoms with van der Waals surface area (Å²) in [4.78, 5) is 11.5. The number of aryl methyl sites for hydroxylation is 1. The van der Waals surface area contributed by atoms with Gasteiger partial charge in [0.2, 0.25) is 5.88 Å². The van der Waals surface area contributed by atoms with Gasteiger partial charge in [-0.2, -0.15) is 0 Å². The maximum Gasteiger partial charge on any atom is 0.213 e. The van der Waals surface area contributed by atoms with Crippen molar-refractivity contribution in [1.82, 2.24) is 15.6 Å². The van der Waals surface area contributed by atoms with Crippen molar-refractivity contribution in [3.63, 3.8) is 0 Å². The first-order chi connectivity index (χ1) is 13.2. The Hall–Kier alpha value is -2.03. The molecule has 1 unspecified atom stereocenters. The zero-order chi connectivity index (χ0) is 19.1. The van der Waals surface area contributed by atoms with E-state index in [9.17, 15) is 0 Å². The van der Waals surface area contributed by atoms with Crippen molar-refractivity contribution in [2.45, 2.75) is 32.9 Å². The van der Waals surface area contributed by atoms with Crippen LogP contribution in [0.15, 0.2) is 47.5 Å². The second-order valence-electron chi connectivity index (χ2n) is 6.78. The molecule has 0 bridgehead atoms. The molecule has 0 saturated carbocycles. The molecule has 152 valence electrons.